The first-order valence-electron chi connectivity index (χ1n) is 8.77. The molecule has 2 aromatic carbocycles. The molecule has 0 radical (unpaired) electrons. The van der Waals surface area contributed by atoms with E-state index in [1.807, 2.05) is 54.3 Å². The Bertz CT molecular complexity index is 690. The molecule has 0 saturated carbocycles. The zero-order chi connectivity index (χ0) is 16.9. The van der Waals surface area contributed by atoms with Crippen molar-refractivity contribution in [3.63, 3.8) is 0 Å². The smallest absolute Gasteiger partial charge is 0.223 e. The fourth-order valence-electron chi connectivity index (χ4n) is 3.49. The molecule has 0 aromatic heterocycles. The highest BCUT2D eigenvalue weighted by molar-refractivity contribution is 5.78. The van der Waals surface area contributed by atoms with Crippen LogP contribution in [-0.2, 0) is 4.79 Å². The second kappa shape index (κ2) is 7.52. The number of likely N-dealkylation sites (tertiary alicyclic amines) is 1. The van der Waals surface area contributed by atoms with E-state index in [0.717, 1.165) is 42.6 Å². The lowest BCUT2D eigenvalue weighted by Crippen LogP contribution is -2.36. The average Bonchev–Trinajstić information content (AvgIpc) is 2.61. The predicted molar refractivity (Wildman–Crippen MR) is 96.2 cm³/mol. The number of benzene rings is 2. The molecule has 24 heavy (non-hydrogen) atoms. The minimum atomic E-state index is -0.110. The van der Waals surface area contributed by atoms with Gasteiger partial charge >= 0.3 is 0 Å². The number of rotatable bonds is 4. The third-order valence-corrected chi connectivity index (χ3v) is 4.85. The Labute approximate surface area is 143 Å². The summed E-state index contributed by atoms with van der Waals surface area (Å²) in [4.78, 5) is 14.8. The van der Waals surface area contributed by atoms with Crippen LogP contribution in [0.25, 0.3) is 0 Å². The molecule has 1 heterocycles. The highest BCUT2D eigenvalue weighted by Gasteiger charge is 2.24. The fraction of sp³-hybridized carbons (Fsp3) is 0.381. The van der Waals surface area contributed by atoms with Crippen molar-refractivity contribution in [2.24, 2.45) is 0 Å². The van der Waals surface area contributed by atoms with Gasteiger partial charge in [-0.05, 0) is 43.4 Å². The minimum absolute atomic E-state index is 0.110. The van der Waals surface area contributed by atoms with Crippen LogP contribution < -0.4 is 0 Å². The molecule has 2 aromatic rings. The summed E-state index contributed by atoms with van der Waals surface area (Å²) in [7, 11) is 0. The summed E-state index contributed by atoms with van der Waals surface area (Å²) in [6.07, 6.45) is 3.81. The van der Waals surface area contributed by atoms with Gasteiger partial charge in [0.05, 0.1) is 0 Å². The summed E-state index contributed by atoms with van der Waals surface area (Å²) in [5, 5.41) is 10.4. The van der Waals surface area contributed by atoms with Gasteiger partial charge in [-0.15, -0.1) is 0 Å². The van der Waals surface area contributed by atoms with Crippen LogP contribution in [0, 0.1) is 6.92 Å². The lowest BCUT2D eigenvalue weighted by Gasteiger charge is -2.29. The van der Waals surface area contributed by atoms with Gasteiger partial charge in [-0.3, -0.25) is 4.79 Å². The van der Waals surface area contributed by atoms with Crippen LogP contribution in [0.5, 0.6) is 5.75 Å². The van der Waals surface area contributed by atoms with Crippen molar-refractivity contribution in [3.8, 4) is 5.75 Å². The molecule has 1 fully saturated rings. The van der Waals surface area contributed by atoms with Crippen LogP contribution in [0.1, 0.15) is 48.3 Å². The number of hydrogen-bond acceptors (Lipinski definition) is 2. The molecule has 1 unspecified atom stereocenters. The van der Waals surface area contributed by atoms with Crippen molar-refractivity contribution in [1.29, 1.82) is 0 Å². The van der Waals surface area contributed by atoms with Crippen molar-refractivity contribution in [2.45, 2.75) is 38.5 Å². The minimum Gasteiger partial charge on any atom is -0.508 e. The van der Waals surface area contributed by atoms with Crippen LogP contribution in [0.3, 0.4) is 0 Å². The molecule has 1 N–H and O–H groups in total. The largest absolute Gasteiger partial charge is 0.508 e. The summed E-state index contributed by atoms with van der Waals surface area (Å²) in [5.41, 5.74) is 2.92. The first kappa shape index (κ1) is 16.6. The van der Waals surface area contributed by atoms with Gasteiger partial charge in [-0.1, -0.05) is 42.5 Å². The Morgan fingerprint density at radius 2 is 1.79 bits per heavy atom. The molecule has 3 rings (SSSR count). The van der Waals surface area contributed by atoms with Gasteiger partial charge in [-0.25, -0.2) is 0 Å². The summed E-state index contributed by atoms with van der Waals surface area (Å²) in [5.74, 6) is 0.347. The Balaban J connectivity index is 1.89. The maximum atomic E-state index is 12.8. The third-order valence-electron chi connectivity index (χ3n) is 4.85. The second-order valence-electron chi connectivity index (χ2n) is 6.67. The first-order chi connectivity index (χ1) is 11.6. The molecule has 1 amide bonds. The van der Waals surface area contributed by atoms with Gasteiger partial charge < -0.3 is 10.0 Å². The highest BCUT2D eigenvalue weighted by Crippen LogP contribution is 2.35. The van der Waals surface area contributed by atoms with E-state index in [1.54, 1.807) is 6.07 Å². The normalized spacial score (nSPS) is 16.0. The van der Waals surface area contributed by atoms with E-state index < -0.39 is 0 Å². The molecular weight excluding hydrogens is 298 g/mol. The second-order valence-corrected chi connectivity index (χ2v) is 6.67. The summed E-state index contributed by atoms with van der Waals surface area (Å²) in [6.45, 7) is 3.68. The Morgan fingerprint density at radius 1 is 1.08 bits per heavy atom. The number of amides is 1. The SMILES string of the molecule is Cc1ccc(C(CC(=O)N2CCCCC2)c2ccccc2)c(O)c1. The van der Waals surface area contributed by atoms with Crippen LogP contribution in [0.2, 0.25) is 0 Å². The number of phenolic OH excluding ortho intramolecular Hbond substituents is 1. The third kappa shape index (κ3) is 3.78. The fourth-order valence-corrected chi connectivity index (χ4v) is 3.49. The number of phenols is 1. The molecular formula is C21H25NO2. The van der Waals surface area contributed by atoms with Crippen LogP contribution in [0.15, 0.2) is 48.5 Å². The molecule has 1 atom stereocenters. The number of nitrogens with zero attached hydrogens (tertiary/aromatic N) is 1. The van der Waals surface area contributed by atoms with Crippen LogP contribution in [-0.4, -0.2) is 29.0 Å². The van der Waals surface area contributed by atoms with Gasteiger partial charge in [-0.2, -0.15) is 0 Å². The van der Waals surface area contributed by atoms with Gasteiger partial charge in [0.2, 0.25) is 5.91 Å². The Morgan fingerprint density at radius 3 is 2.46 bits per heavy atom. The standard InChI is InChI=1S/C21H25NO2/c1-16-10-11-18(20(23)14-16)19(17-8-4-2-5-9-17)15-21(24)22-12-6-3-7-13-22/h2,4-5,8-11,14,19,23H,3,6-7,12-13,15H2,1H3. The molecule has 0 aliphatic carbocycles. The number of hydrogen-bond donors (Lipinski definition) is 1. The number of piperidine rings is 1. The van der Waals surface area contributed by atoms with E-state index in [4.69, 9.17) is 0 Å². The molecule has 1 saturated heterocycles. The molecule has 1 aliphatic heterocycles. The Hall–Kier alpha value is -2.29. The first-order valence-corrected chi connectivity index (χ1v) is 8.77. The topological polar surface area (TPSA) is 40.5 Å². The van der Waals surface area contributed by atoms with Crippen molar-refractivity contribution in [3.05, 3.63) is 65.2 Å². The van der Waals surface area contributed by atoms with E-state index >= 15 is 0 Å². The van der Waals surface area contributed by atoms with Crippen molar-refractivity contribution < 1.29 is 9.90 Å². The van der Waals surface area contributed by atoms with Gasteiger partial charge in [0.15, 0.2) is 0 Å². The maximum absolute atomic E-state index is 12.8. The number of aryl methyl sites for hydroxylation is 1. The zero-order valence-electron chi connectivity index (χ0n) is 14.2. The Kier molecular flexibility index (Phi) is 5.19. The molecule has 126 valence electrons. The maximum Gasteiger partial charge on any atom is 0.223 e. The summed E-state index contributed by atoms with van der Waals surface area (Å²) < 4.78 is 0. The lowest BCUT2D eigenvalue weighted by atomic mass is 9.87. The summed E-state index contributed by atoms with van der Waals surface area (Å²) >= 11 is 0. The van der Waals surface area contributed by atoms with Crippen LogP contribution in [0.4, 0.5) is 0 Å². The van der Waals surface area contributed by atoms with E-state index in [9.17, 15) is 9.90 Å². The van der Waals surface area contributed by atoms with Gasteiger partial charge in [0.25, 0.3) is 0 Å². The highest BCUT2D eigenvalue weighted by atomic mass is 16.3. The molecule has 0 bridgehead atoms. The summed E-state index contributed by atoms with van der Waals surface area (Å²) in [6, 6.07) is 15.7. The van der Waals surface area contributed by atoms with E-state index in [1.165, 1.54) is 6.42 Å². The zero-order valence-corrected chi connectivity index (χ0v) is 14.2. The molecule has 1 aliphatic rings. The van der Waals surface area contributed by atoms with E-state index in [2.05, 4.69) is 0 Å². The lowest BCUT2D eigenvalue weighted by molar-refractivity contribution is -0.132. The van der Waals surface area contributed by atoms with E-state index in [-0.39, 0.29) is 17.6 Å². The quantitative estimate of drug-likeness (QED) is 0.914. The number of carbonyl (C=O) groups excluding carboxylic acids is 1. The molecule has 3 nitrogen and oxygen atoms in total. The number of aromatic hydroxyl groups is 1. The van der Waals surface area contributed by atoms with Crippen LogP contribution >= 0.6 is 0 Å². The molecule has 0 spiro atoms. The van der Waals surface area contributed by atoms with Crippen molar-refractivity contribution in [1.82, 2.24) is 4.90 Å². The number of carbonyl (C=O) groups is 1. The van der Waals surface area contributed by atoms with E-state index in [0.29, 0.717) is 6.42 Å². The average molecular weight is 323 g/mol. The van der Waals surface area contributed by atoms with Gasteiger partial charge in [0.1, 0.15) is 5.75 Å². The monoisotopic (exact) mass is 323 g/mol. The molecule has 3 heteroatoms. The predicted octanol–water partition coefficient (Wildman–Crippen LogP) is 4.24. The van der Waals surface area contributed by atoms with Crippen molar-refractivity contribution >= 4 is 5.91 Å². The van der Waals surface area contributed by atoms with Gasteiger partial charge in [0, 0.05) is 31.0 Å². The van der Waals surface area contributed by atoms with Crippen molar-refractivity contribution in [2.75, 3.05) is 13.1 Å².